The molecule has 1 rings (SSSR count). The summed E-state index contributed by atoms with van der Waals surface area (Å²) in [7, 11) is 1.62. The molecule has 0 radical (unpaired) electrons. The maximum Gasteiger partial charge on any atom is 0.170 e. The molecular formula is C12H15ClO3. The van der Waals surface area contributed by atoms with Crippen molar-refractivity contribution in [2.45, 2.75) is 12.8 Å². The Kier molecular flexibility index (Phi) is 5.90. The fourth-order valence-corrected chi connectivity index (χ4v) is 1.31. The highest BCUT2D eigenvalue weighted by Crippen LogP contribution is 2.15. The Bertz CT molecular complexity index is 322. The fraction of sp³-hybridized carbons (Fsp3) is 0.417. The Morgan fingerprint density at radius 1 is 1.31 bits per heavy atom. The third-order valence-electron chi connectivity index (χ3n) is 2.02. The molecule has 4 heteroatoms. The largest absolute Gasteiger partial charge is 0.486 e. The third kappa shape index (κ3) is 5.14. The summed E-state index contributed by atoms with van der Waals surface area (Å²) < 4.78 is 10.2. The number of carbonyl (C=O) groups excluding carboxylic acids is 1. The first-order chi connectivity index (χ1) is 7.72. The molecule has 0 saturated heterocycles. The van der Waals surface area contributed by atoms with Crippen molar-refractivity contribution >= 4 is 17.4 Å². The highest BCUT2D eigenvalue weighted by molar-refractivity contribution is 6.30. The van der Waals surface area contributed by atoms with Gasteiger partial charge < -0.3 is 9.47 Å². The summed E-state index contributed by atoms with van der Waals surface area (Å²) in [5.74, 6) is 0.733. The number of Topliss-reactive ketones (excluding diaryl/α,β-unsaturated/α-hetero) is 1. The zero-order valence-corrected chi connectivity index (χ0v) is 10.00. The molecule has 0 aliphatic heterocycles. The van der Waals surface area contributed by atoms with Gasteiger partial charge in [-0.15, -0.1) is 0 Å². The van der Waals surface area contributed by atoms with E-state index in [0.29, 0.717) is 23.8 Å². The SMILES string of the molecule is COCCCC(=O)COc1ccc(Cl)cc1. The molecule has 0 bridgehead atoms. The van der Waals surface area contributed by atoms with Crippen molar-refractivity contribution < 1.29 is 14.3 Å². The van der Waals surface area contributed by atoms with Gasteiger partial charge in [-0.1, -0.05) is 11.6 Å². The van der Waals surface area contributed by atoms with Gasteiger partial charge in [0.1, 0.15) is 12.4 Å². The number of ether oxygens (including phenoxy) is 2. The van der Waals surface area contributed by atoms with E-state index in [-0.39, 0.29) is 12.4 Å². The van der Waals surface area contributed by atoms with Crippen LogP contribution in [0.2, 0.25) is 5.02 Å². The van der Waals surface area contributed by atoms with E-state index in [0.717, 1.165) is 6.42 Å². The average Bonchev–Trinajstić information content (AvgIpc) is 2.29. The molecule has 0 heterocycles. The predicted octanol–water partition coefficient (Wildman–Crippen LogP) is 2.71. The monoisotopic (exact) mass is 242 g/mol. The fourth-order valence-electron chi connectivity index (χ4n) is 1.18. The van der Waals surface area contributed by atoms with Crippen LogP contribution in [0, 0.1) is 0 Å². The molecule has 88 valence electrons. The Balaban J connectivity index is 2.23. The molecule has 3 nitrogen and oxygen atoms in total. The number of halogens is 1. The number of hydrogen-bond acceptors (Lipinski definition) is 3. The van der Waals surface area contributed by atoms with Crippen LogP contribution in [0.3, 0.4) is 0 Å². The van der Waals surface area contributed by atoms with Crippen molar-refractivity contribution in [2.75, 3.05) is 20.3 Å². The molecule has 0 unspecified atom stereocenters. The lowest BCUT2D eigenvalue weighted by Gasteiger charge is -2.05. The van der Waals surface area contributed by atoms with Gasteiger partial charge in [-0.3, -0.25) is 4.79 Å². The van der Waals surface area contributed by atoms with Crippen molar-refractivity contribution in [2.24, 2.45) is 0 Å². The van der Waals surface area contributed by atoms with E-state index < -0.39 is 0 Å². The van der Waals surface area contributed by atoms with E-state index in [4.69, 9.17) is 21.1 Å². The summed E-state index contributed by atoms with van der Waals surface area (Å²) in [5.41, 5.74) is 0. The first-order valence-electron chi connectivity index (χ1n) is 5.11. The van der Waals surface area contributed by atoms with Crippen LogP contribution < -0.4 is 4.74 Å². The van der Waals surface area contributed by atoms with Crippen molar-refractivity contribution in [3.8, 4) is 5.75 Å². The summed E-state index contributed by atoms with van der Waals surface area (Å²) in [6.45, 7) is 0.706. The van der Waals surface area contributed by atoms with Crippen LogP contribution in [0.15, 0.2) is 24.3 Å². The Morgan fingerprint density at radius 3 is 2.62 bits per heavy atom. The van der Waals surface area contributed by atoms with Gasteiger partial charge in [0.2, 0.25) is 0 Å². The number of methoxy groups -OCH3 is 1. The quantitative estimate of drug-likeness (QED) is 0.690. The summed E-state index contributed by atoms with van der Waals surface area (Å²) in [4.78, 5) is 11.4. The normalized spacial score (nSPS) is 10.1. The van der Waals surface area contributed by atoms with Gasteiger partial charge in [-0.2, -0.15) is 0 Å². The molecule has 1 aromatic carbocycles. The summed E-state index contributed by atoms with van der Waals surface area (Å²) in [6.07, 6.45) is 1.22. The molecule has 0 spiro atoms. The molecule has 0 fully saturated rings. The van der Waals surface area contributed by atoms with E-state index in [1.807, 2.05) is 0 Å². The molecule has 0 atom stereocenters. The molecule has 0 saturated carbocycles. The molecular weight excluding hydrogens is 228 g/mol. The number of ketones is 1. The minimum Gasteiger partial charge on any atom is -0.486 e. The van der Waals surface area contributed by atoms with E-state index in [2.05, 4.69) is 0 Å². The van der Waals surface area contributed by atoms with Gasteiger partial charge in [0.25, 0.3) is 0 Å². The standard InChI is InChI=1S/C12H15ClO3/c1-15-8-2-3-11(14)9-16-12-6-4-10(13)5-7-12/h4-7H,2-3,8-9H2,1H3. The predicted molar refractivity (Wildman–Crippen MR) is 63.1 cm³/mol. The van der Waals surface area contributed by atoms with Crippen LogP contribution in [-0.2, 0) is 9.53 Å². The van der Waals surface area contributed by atoms with Crippen LogP contribution in [0.25, 0.3) is 0 Å². The zero-order valence-electron chi connectivity index (χ0n) is 9.24. The molecule has 0 aliphatic rings. The van der Waals surface area contributed by atoms with E-state index in [1.54, 1.807) is 31.4 Å². The van der Waals surface area contributed by atoms with E-state index >= 15 is 0 Å². The first-order valence-corrected chi connectivity index (χ1v) is 5.49. The second-order valence-corrected chi connectivity index (χ2v) is 3.81. The Labute approximate surface area is 100 Å². The summed E-state index contributed by atoms with van der Waals surface area (Å²) >= 11 is 5.72. The van der Waals surface area contributed by atoms with Gasteiger partial charge >= 0.3 is 0 Å². The van der Waals surface area contributed by atoms with Crippen LogP contribution in [0.1, 0.15) is 12.8 Å². The van der Waals surface area contributed by atoms with Crippen molar-refractivity contribution in [1.82, 2.24) is 0 Å². The van der Waals surface area contributed by atoms with Crippen LogP contribution in [0.4, 0.5) is 0 Å². The minimum atomic E-state index is 0.0759. The lowest BCUT2D eigenvalue weighted by atomic mass is 10.2. The second-order valence-electron chi connectivity index (χ2n) is 3.38. The highest BCUT2D eigenvalue weighted by Gasteiger charge is 2.02. The molecule has 16 heavy (non-hydrogen) atoms. The maximum atomic E-state index is 11.4. The van der Waals surface area contributed by atoms with Crippen molar-refractivity contribution in [1.29, 1.82) is 0 Å². The first kappa shape index (κ1) is 13.0. The Morgan fingerprint density at radius 2 is 2.00 bits per heavy atom. The van der Waals surface area contributed by atoms with E-state index in [1.165, 1.54) is 0 Å². The molecule has 0 N–H and O–H groups in total. The lowest BCUT2D eigenvalue weighted by Crippen LogP contribution is -2.11. The second kappa shape index (κ2) is 7.25. The third-order valence-corrected chi connectivity index (χ3v) is 2.27. The molecule has 0 aromatic heterocycles. The van der Waals surface area contributed by atoms with E-state index in [9.17, 15) is 4.79 Å². The topological polar surface area (TPSA) is 35.5 Å². The van der Waals surface area contributed by atoms with Crippen molar-refractivity contribution in [3.63, 3.8) is 0 Å². The maximum absolute atomic E-state index is 11.4. The van der Waals surface area contributed by atoms with Crippen LogP contribution in [-0.4, -0.2) is 26.1 Å². The van der Waals surface area contributed by atoms with Crippen LogP contribution >= 0.6 is 11.6 Å². The zero-order chi connectivity index (χ0) is 11.8. The van der Waals surface area contributed by atoms with Gasteiger partial charge in [0.05, 0.1) is 0 Å². The van der Waals surface area contributed by atoms with Gasteiger partial charge in [0, 0.05) is 25.2 Å². The van der Waals surface area contributed by atoms with Gasteiger partial charge in [0.15, 0.2) is 5.78 Å². The number of carbonyl (C=O) groups is 1. The van der Waals surface area contributed by atoms with Gasteiger partial charge in [-0.25, -0.2) is 0 Å². The van der Waals surface area contributed by atoms with Crippen molar-refractivity contribution in [3.05, 3.63) is 29.3 Å². The highest BCUT2D eigenvalue weighted by atomic mass is 35.5. The minimum absolute atomic E-state index is 0.0759. The molecule has 0 aliphatic carbocycles. The van der Waals surface area contributed by atoms with Gasteiger partial charge in [-0.05, 0) is 30.7 Å². The molecule has 1 aromatic rings. The number of benzene rings is 1. The lowest BCUT2D eigenvalue weighted by molar-refractivity contribution is -0.121. The average molecular weight is 243 g/mol. The Hall–Kier alpha value is -1.06. The molecule has 0 amide bonds. The summed E-state index contributed by atoms with van der Waals surface area (Å²) in [5, 5.41) is 0.652. The number of hydrogen-bond donors (Lipinski definition) is 0. The number of rotatable bonds is 7. The summed E-state index contributed by atoms with van der Waals surface area (Å²) in [6, 6.07) is 6.94. The smallest absolute Gasteiger partial charge is 0.170 e. The van der Waals surface area contributed by atoms with Crippen LogP contribution in [0.5, 0.6) is 5.75 Å².